The first kappa shape index (κ1) is 18.9. The molecule has 5 nitrogen and oxygen atoms in total. The van der Waals surface area contributed by atoms with Crippen LogP contribution in [0, 0.1) is 0 Å². The maximum absolute atomic E-state index is 5.38. The van der Waals surface area contributed by atoms with Crippen LogP contribution in [0.25, 0.3) is 0 Å². The van der Waals surface area contributed by atoms with E-state index in [1.807, 2.05) is 23.9 Å². The average Bonchev–Trinajstić information content (AvgIpc) is 3.22. The molecule has 0 radical (unpaired) electrons. The van der Waals surface area contributed by atoms with E-state index in [1.54, 1.807) is 13.4 Å². The van der Waals surface area contributed by atoms with Gasteiger partial charge >= 0.3 is 0 Å². The van der Waals surface area contributed by atoms with E-state index in [9.17, 15) is 0 Å². The van der Waals surface area contributed by atoms with Crippen LogP contribution in [0.4, 0.5) is 0 Å². The van der Waals surface area contributed by atoms with E-state index >= 15 is 0 Å². The molecule has 140 valence electrons. The summed E-state index contributed by atoms with van der Waals surface area (Å²) in [5.74, 6) is 1.82. The minimum atomic E-state index is 0.248. The van der Waals surface area contributed by atoms with Crippen molar-refractivity contribution >= 4 is 17.7 Å². The molecule has 26 heavy (non-hydrogen) atoms. The smallest absolute Gasteiger partial charge is 0.191 e. The van der Waals surface area contributed by atoms with Gasteiger partial charge < -0.3 is 19.8 Å². The third-order valence-corrected chi connectivity index (χ3v) is 5.73. The van der Waals surface area contributed by atoms with E-state index in [0.717, 1.165) is 37.8 Å². The molecule has 0 bridgehead atoms. The maximum Gasteiger partial charge on any atom is 0.191 e. The quantitative estimate of drug-likeness (QED) is 0.380. The Labute approximate surface area is 159 Å². The number of nitrogens with zero attached hydrogens (tertiary/aromatic N) is 1. The number of furan rings is 1. The molecule has 3 rings (SSSR count). The molecule has 0 aliphatic heterocycles. The van der Waals surface area contributed by atoms with E-state index in [4.69, 9.17) is 14.1 Å². The van der Waals surface area contributed by atoms with Crippen molar-refractivity contribution in [3.63, 3.8) is 0 Å². The summed E-state index contributed by atoms with van der Waals surface area (Å²) >= 11 is 1.95. The summed E-state index contributed by atoms with van der Waals surface area (Å²) in [6.45, 7) is 2.99. The van der Waals surface area contributed by atoms with Crippen molar-refractivity contribution in [2.24, 2.45) is 4.99 Å². The Morgan fingerprint density at radius 1 is 1.15 bits per heavy atom. The minimum absolute atomic E-state index is 0.248. The number of benzene rings is 1. The SMILES string of the molecule is COCCNC(=NCC1(Sc2ccccc2)CC1)NCCc1ccco1. The van der Waals surface area contributed by atoms with Crippen LogP contribution < -0.4 is 10.6 Å². The first-order chi connectivity index (χ1) is 12.8. The van der Waals surface area contributed by atoms with Crippen molar-refractivity contribution < 1.29 is 9.15 Å². The van der Waals surface area contributed by atoms with Crippen molar-refractivity contribution in [2.45, 2.75) is 28.9 Å². The van der Waals surface area contributed by atoms with E-state index in [2.05, 4.69) is 41.0 Å². The number of aliphatic imine (C=N–C) groups is 1. The Hall–Kier alpha value is -1.92. The molecule has 0 spiro atoms. The number of methoxy groups -OCH3 is 1. The molecular weight excluding hydrogens is 346 g/mol. The highest BCUT2D eigenvalue weighted by Crippen LogP contribution is 2.51. The van der Waals surface area contributed by atoms with Crippen LogP contribution in [0.1, 0.15) is 18.6 Å². The maximum atomic E-state index is 5.38. The number of hydrogen-bond donors (Lipinski definition) is 2. The molecular formula is C20H27N3O2S. The van der Waals surface area contributed by atoms with Crippen molar-refractivity contribution in [1.29, 1.82) is 0 Å². The summed E-state index contributed by atoms with van der Waals surface area (Å²) in [5, 5.41) is 6.73. The van der Waals surface area contributed by atoms with Crippen LogP contribution in [0.3, 0.4) is 0 Å². The molecule has 1 aromatic heterocycles. The van der Waals surface area contributed by atoms with Crippen molar-refractivity contribution in [2.75, 3.05) is 33.4 Å². The fourth-order valence-corrected chi connectivity index (χ4v) is 3.83. The van der Waals surface area contributed by atoms with Gasteiger partial charge in [-0.05, 0) is 37.1 Å². The Kier molecular flexibility index (Phi) is 7.03. The van der Waals surface area contributed by atoms with Crippen LogP contribution >= 0.6 is 11.8 Å². The lowest BCUT2D eigenvalue weighted by Gasteiger charge is -2.15. The summed E-state index contributed by atoms with van der Waals surface area (Å²) < 4.78 is 10.8. The monoisotopic (exact) mass is 373 g/mol. The fraction of sp³-hybridized carbons (Fsp3) is 0.450. The van der Waals surface area contributed by atoms with Gasteiger partial charge in [0.1, 0.15) is 5.76 Å². The topological polar surface area (TPSA) is 58.8 Å². The number of nitrogens with one attached hydrogen (secondary N) is 2. The molecule has 1 aromatic carbocycles. The van der Waals surface area contributed by atoms with Gasteiger partial charge in [-0.25, -0.2) is 0 Å². The second kappa shape index (κ2) is 9.69. The first-order valence-corrected chi connectivity index (χ1v) is 9.89. The number of ether oxygens (including phenoxy) is 1. The summed E-state index contributed by atoms with van der Waals surface area (Å²) in [7, 11) is 1.71. The molecule has 1 fully saturated rings. The summed E-state index contributed by atoms with van der Waals surface area (Å²) in [6.07, 6.45) is 4.97. The summed E-state index contributed by atoms with van der Waals surface area (Å²) in [4.78, 5) is 6.15. The largest absolute Gasteiger partial charge is 0.469 e. The van der Waals surface area contributed by atoms with Crippen LogP contribution in [-0.2, 0) is 11.2 Å². The van der Waals surface area contributed by atoms with Gasteiger partial charge in [-0.15, -0.1) is 11.8 Å². The summed E-state index contributed by atoms with van der Waals surface area (Å²) in [5.41, 5.74) is 0. The zero-order valence-corrected chi connectivity index (χ0v) is 16.1. The Morgan fingerprint density at radius 3 is 2.65 bits per heavy atom. The fourth-order valence-electron chi connectivity index (χ4n) is 2.60. The second-order valence-electron chi connectivity index (χ2n) is 6.44. The first-order valence-electron chi connectivity index (χ1n) is 9.07. The predicted octanol–water partition coefficient (Wildman–Crippen LogP) is 3.33. The Balaban J connectivity index is 1.52. The van der Waals surface area contributed by atoms with Gasteiger partial charge in [0.15, 0.2) is 5.96 Å². The van der Waals surface area contributed by atoms with Crippen molar-refractivity contribution in [3.05, 3.63) is 54.5 Å². The van der Waals surface area contributed by atoms with Crippen LogP contribution in [0.2, 0.25) is 0 Å². The van der Waals surface area contributed by atoms with E-state index in [1.165, 1.54) is 17.7 Å². The molecule has 2 N–H and O–H groups in total. The lowest BCUT2D eigenvalue weighted by atomic mass is 10.3. The zero-order valence-electron chi connectivity index (χ0n) is 15.2. The van der Waals surface area contributed by atoms with E-state index < -0.39 is 0 Å². The third-order valence-electron chi connectivity index (χ3n) is 4.25. The van der Waals surface area contributed by atoms with Crippen molar-refractivity contribution in [3.8, 4) is 0 Å². The number of guanidine groups is 1. The molecule has 1 heterocycles. The molecule has 1 saturated carbocycles. The highest BCUT2D eigenvalue weighted by molar-refractivity contribution is 8.01. The predicted molar refractivity (Wildman–Crippen MR) is 107 cm³/mol. The molecule has 1 aliphatic carbocycles. The highest BCUT2D eigenvalue weighted by Gasteiger charge is 2.43. The number of rotatable bonds is 10. The molecule has 2 aromatic rings. The number of hydrogen-bond acceptors (Lipinski definition) is 4. The zero-order chi connectivity index (χ0) is 18.1. The summed E-state index contributed by atoms with van der Waals surface area (Å²) in [6, 6.07) is 14.5. The van der Waals surface area contributed by atoms with Crippen LogP contribution in [0.15, 0.2) is 63.0 Å². The number of thioether (sulfide) groups is 1. The highest BCUT2D eigenvalue weighted by atomic mass is 32.2. The standard InChI is InChI=1S/C20H27N3O2S/c1-24-15-13-22-19(21-12-9-17-6-5-14-25-17)23-16-20(10-11-20)26-18-7-3-2-4-8-18/h2-8,14H,9-13,15-16H2,1H3,(H2,21,22,23). The van der Waals surface area contributed by atoms with Gasteiger partial charge in [0.25, 0.3) is 0 Å². The van der Waals surface area contributed by atoms with Crippen LogP contribution in [-0.4, -0.2) is 44.1 Å². The normalized spacial score (nSPS) is 15.7. The molecule has 0 amide bonds. The van der Waals surface area contributed by atoms with Crippen LogP contribution in [0.5, 0.6) is 0 Å². The molecule has 0 unspecified atom stereocenters. The lowest BCUT2D eigenvalue weighted by molar-refractivity contribution is 0.203. The second-order valence-corrected chi connectivity index (χ2v) is 7.98. The van der Waals surface area contributed by atoms with E-state index in [-0.39, 0.29) is 4.75 Å². The van der Waals surface area contributed by atoms with Crippen molar-refractivity contribution in [1.82, 2.24) is 10.6 Å². The molecule has 0 saturated heterocycles. The van der Waals surface area contributed by atoms with Gasteiger partial charge in [-0.1, -0.05) is 18.2 Å². The molecule has 0 atom stereocenters. The molecule has 1 aliphatic rings. The van der Waals surface area contributed by atoms with Gasteiger partial charge in [0.2, 0.25) is 0 Å². The van der Waals surface area contributed by atoms with Gasteiger partial charge in [0, 0.05) is 36.3 Å². The average molecular weight is 374 g/mol. The Bertz CT molecular complexity index is 670. The lowest BCUT2D eigenvalue weighted by Crippen LogP contribution is -2.40. The minimum Gasteiger partial charge on any atom is -0.469 e. The third kappa shape index (κ3) is 6.11. The van der Waals surface area contributed by atoms with Gasteiger partial charge in [-0.2, -0.15) is 0 Å². The van der Waals surface area contributed by atoms with Gasteiger partial charge in [-0.3, -0.25) is 4.99 Å². The molecule has 6 heteroatoms. The Morgan fingerprint density at radius 2 is 1.96 bits per heavy atom. The van der Waals surface area contributed by atoms with E-state index in [0.29, 0.717) is 6.61 Å². The van der Waals surface area contributed by atoms with Gasteiger partial charge in [0.05, 0.1) is 19.4 Å².